The first-order chi connectivity index (χ1) is 12.1. The highest BCUT2D eigenvalue weighted by atomic mass is 32.2. The molecule has 3 aromatic rings. The van der Waals surface area contributed by atoms with E-state index < -0.39 is 0 Å². The standard InChI is InChI=1S/C18H20N4OS2/c1-13(14-7-4-3-5-8-14)19-17(23)12-25-18-21-20-16(22(18)2)11-15-9-6-10-24-15/h3-10,13H,11-12H2,1-2H3,(H,19,23). The Kier molecular flexibility index (Phi) is 5.88. The Morgan fingerprint density at radius 2 is 2.04 bits per heavy atom. The van der Waals surface area contributed by atoms with Gasteiger partial charge in [0.2, 0.25) is 5.91 Å². The van der Waals surface area contributed by atoms with Crippen molar-refractivity contribution in [2.75, 3.05) is 5.75 Å². The van der Waals surface area contributed by atoms with Crippen LogP contribution in [0.4, 0.5) is 0 Å². The third kappa shape index (κ3) is 4.70. The molecule has 0 aliphatic rings. The SMILES string of the molecule is CC(NC(=O)CSc1nnc(Cc2cccs2)n1C)c1ccccc1. The average molecular weight is 373 g/mol. The van der Waals surface area contributed by atoms with Gasteiger partial charge in [0.1, 0.15) is 5.82 Å². The molecule has 1 atom stereocenters. The van der Waals surface area contributed by atoms with Gasteiger partial charge in [-0.05, 0) is 23.9 Å². The molecule has 1 N–H and O–H groups in total. The molecule has 0 saturated heterocycles. The predicted molar refractivity (Wildman–Crippen MR) is 102 cm³/mol. The number of nitrogens with one attached hydrogen (secondary N) is 1. The third-order valence-corrected chi connectivity index (χ3v) is 5.74. The molecule has 130 valence electrons. The van der Waals surface area contributed by atoms with E-state index >= 15 is 0 Å². The molecule has 2 heterocycles. The number of aromatic nitrogens is 3. The van der Waals surface area contributed by atoms with Crippen molar-refractivity contribution in [3.8, 4) is 0 Å². The Hall–Kier alpha value is -2.12. The molecule has 1 aromatic carbocycles. The number of carbonyl (C=O) groups is 1. The van der Waals surface area contributed by atoms with Gasteiger partial charge in [0.15, 0.2) is 5.16 Å². The molecule has 5 nitrogen and oxygen atoms in total. The van der Waals surface area contributed by atoms with E-state index in [1.807, 2.05) is 54.9 Å². The molecule has 0 aliphatic heterocycles. The fourth-order valence-electron chi connectivity index (χ4n) is 2.43. The van der Waals surface area contributed by atoms with Crippen molar-refractivity contribution in [2.45, 2.75) is 24.5 Å². The van der Waals surface area contributed by atoms with Crippen LogP contribution in [-0.2, 0) is 18.3 Å². The number of hydrogen-bond donors (Lipinski definition) is 1. The van der Waals surface area contributed by atoms with E-state index in [-0.39, 0.29) is 11.9 Å². The van der Waals surface area contributed by atoms with Gasteiger partial charge in [-0.2, -0.15) is 0 Å². The van der Waals surface area contributed by atoms with E-state index in [9.17, 15) is 4.79 Å². The normalized spacial score (nSPS) is 12.1. The molecule has 0 saturated carbocycles. The molecular weight excluding hydrogens is 352 g/mol. The van der Waals surface area contributed by atoms with Gasteiger partial charge in [0, 0.05) is 18.3 Å². The van der Waals surface area contributed by atoms with Gasteiger partial charge >= 0.3 is 0 Å². The van der Waals surface area contributed by atoms with Crippen LogP contribution in [0, 0.1) is 0 Å². The first-order valence-corrected chi connectivity index (χ1v) is 9.88. The molecule has 25 heavy (non-hydrogen) atoms. The lowest BCUT2D eigenvalue weighted by atomic mass is 10.1. The summed E-state index contributed by atoms with van der Waals surface area (Å²) in [5.41, 5.74) is 1.10. The van der Waals surface area contributed by atoms with Gasteiger partial charge in [-0.25, -0.2) is 0 Å². The van der Waals surface area contributed by atoms with E-state index in [1.54, 1.807) is 11.3 Å². The average Bonchev–Trinajstić information content (AvgIpc) is 3.25. The Bertz CT molecular complexity index is 815. The van der Waals surface area contributed by atoms with Crippen molar-refractivity contribution < 1.29 is 4.79 Å². The number of nitrogens with zero attached hydrogens (tertiary/aromatic N) is 3. The maximum absolute atomic E-state index is 12.2. The summed E-state index contributed by atoms with van der Waals surface area (Å²) >= 11 is 3.11. The first-order valence-electron chi connectivity index (χ1n) is 8.01. The Balaban J connectivity index is 1.53. The largest absolute Gasteiger partial charge is 0.349 e. The molecule has 1 unspecified atom stereocenters. The van der Waals surface area contributed by atoms with E-state index in [4.69, 9.17) is 0 Å². The molecule has 1 amide bonds. The smallest absolute Gasteiger partial charge is 0.230 e. The highest BCUT2D eigenvalue weighted by Crippen LogP contribution is 2.19. The van der Waals surface area contributed by atoms with Crippen molar-refractivity contribution in [1.29, 1.82) is 0 Å². The summed E-state index contributed by atoms with van der Waals surface area (Å²) in [6.07, 6.45) is 0.763. The van der Waals surface area contributed by atoms with Crippen molar-refractivity contribution in [1.82, 2.24) is 20.1 Å². The van der Waals surface area contributed by atoms with Gasteiger partial charge < -0.3 is 9.88 Å². The molecule has 0 radical (unpaired) electrons. The second-order valence-electron chi connectivity index (χ2n) is 5.70. The zero-order chi connectivity index (χ0) is 17.6. The Morgan fingerprint density at radius 3 is 2.76 bits per heavy atom. The lowest BCUT2D eigenvalue weighted by Gasteiger charge is -2.13. The number of thiophene rings is 1. The molecule has 0 spiro atoms. The molecule has 7 heteroatoms. The number of thioether (sulfide) groups is 1. The minimum Gasteiger partial charge on any atom is -0.349 e. The molecule has 2 aromatic heterocycles. The summed E-state index contributed by atoms with van der Waals surface area (Å²) in [4.78, 5) is 13.4. The summed E-state index contributed by atoms with van der Waals surface area (Å²) in [6.45, 7) is 1.99. The zero-order valence-corrected chi connectivity index (χ0v) is 15.8. The van der Waals surface area contributed by atoms with Gasteiger partial charge in [-0.15, -0.1) is 21.5 Å². The van der Waals surface area contributed by atoms with Crippen molar-refractivity contribution in [3.63, 3.8) is 0 Å². The maximum Gasteiger partial charge on any atom is 0.230 e. The number of amides is 1. The zero-order valence-electron chi connectivity index (χ0n) is 14.2. The van der Waals surface area contributed by atoms with Crippen LogP contribution in [0.15, 0.2) is 53.0 Å². The van der Waals surface area contributed by atoms with Crippen LogP contribution in [0.25, 0.3) is 0 Å². The van der Waals surface area contributed by atoms with Crippen molar-refractivity contribution in [2.24, 2.45) is 7.05 Å². The van der Waals surface area contributed by atoms with Crippen LogP contribution in [0.2, 0.25) is 0 Å². The number of rotatable bonds is 7. The van der Waals surface area contributed by atoms with Crippen LogP contribution in [0.1, 0.15) is 29.2 Å². The van der Waals surface area contributed by atoms with Crippen molar-refractivity contribution >= 4 is 29.0 Å². The van der Waals surface area contributed by atoms with Gasteiger partial charge in [-0.1, -0.05) is 48.2 Å². The second-order valence-corrected chi connectivity index (χ2v) is 7.68. The fourth-order valence-corrected chi connectivity index (χ4v) is 3.87. The molecular formula is C18H20N4OS2. The van der Waals surface area contributed by atoms with E-state index in [0.29, 0.717) is 5.75 Å². The van der Waals surface area contributed by atoms with Crippen LogP contribution >= 0.6 is 23.1 Å². The predicted octanol–water partition coefficient (Wildman–Crippen LogP) is 3.44. The third-order valence-electron chi connectivity index (χ3n) is 3.85. The molecule has 3 rings (SSSR count). The number of hydrogen-bond acceptors (Lipinski definition) is 5. The topological polar surface area (TPSA) is 59.8 Å². The van der Waals surface area contributed by atoms with Gasteiger partial charge in [0.05, 0.1) is 11.8 Å². The van der Waals surface area contributed by atoms with E-state index in [2.05, 4.69) is 27.0 Å². The second kappa shape index (κ2) is 8.31. The Morgan fingerprint density at radius 1 is 1.24 bits per heavy atom. The maximum atomic E-state index is 12.2. The summed E-state index contributed by atoms with van der Waals surface area (Å²) in [5.74, 6) is 1.22. The molecule has 0 aliphatic carbocycles. The summed E-state index contributed by atoms with van der Waals surface area (Å²) in [7, 11) is 1.94. The lowest BCUT2D eigenvalue weighted by Crippen LogP contribution is -2.28. The summed E-state index contributed by atoms with van der Waals surface area (Å²) in [5, 5.41) is 14.3. The van der Waals surface area contributed by atoms with Gasteiger partial charge in [-0.3, -0.25) is 4.79 Å². The Labute approximate surface area is 155 Å². The first kappa shape index (κ1) is 17.7. The van der Waals surface area contributed by atoms with E-state index in [0.717, 1.165) is 23.0 Å². The fraction of sp³-hybridized carbons (Fsp3) is 0.278. The monoisotopic (exact) mass is 372 g/mol. The van der Waals surface area contributed by atoms with Crippen LogP contribution in [0.5, 0.6) is 0 Å². The highest BCUT2D eigenvalue weighted by Gasteiger charge is 2.14. The van der Waals surface area contributed by atoms with Crippen LogP contribution in [-0.4, -0.2) is 26.4 Å². The quantitative estimate of drug-likeness (QED) is 0.646. The summed E-state index contributed by atoms with van der Waals surface area (Å²) in [6, 6.07) is 14.0. The summed E-state index contributed by atoms with van der Waals surface area (Å²) < 4.78 is 1.96. The minimum absolute atomic E-state index is 0.0100. The lowest BCUT2D eigenvalue weighted by molar-refractivity contribution is -0.119. The number of benzene rings is 1. The highest BCUT2D eigenvalue weighted by molar-refractivity contribution is 7.99. The van der Waals surface area contributed by atoms with E-state index in [1.165, 1.54) is 16.6 Å². The minimum atomic E-state index is -0.0109. The molecule has 0 bridgehead atoms. The van der Waals surface area contributed by atoms with Gasteiger partial charge in [0.25, 0.3) is 0 Å². The molecule has 0 fully saturated rings. The number of carbonyl (C=O) groups excluding carboxylic acids is 1. The van der Waals surface area contributed by atoms with Crippen LogP contribution < -0.4 is 5.32 Å². The van der Waals surface area contributed by atoms with Crippen molar-refractivity contribution in [3.05, 3.63) is 64.1 Å². The van der Waals surface area contributed by atoms with Crippen LogP contribution in [0.3, 0.4) is 0 Å².